The topological polar surface area (TPSA) is 244 Å². The van der Waals surface area contributed by atoms with Gasteiger partial charge in [0.15, 0.2) is 5.78 Å². The van der Waals surface area contributed by atoms with Crippen LogP contribution in [0.25, 0.3) is 88.7 Å². The third kappa shape index (κ3) is 24.0. The van der Waals surface area contributed by atoms with Crippen molar-refractivity contribution in [2.45, 2.75) is 52.8 Å². The fraction of sp³-hybridized carbons (Fsp3) is 0.0762. The third-order valence-corrected chi connectivity index (χ3v) is 20.9. The lowest BCUT2D eigenvalue weighted by Gasteiger charge is -2.09. The van der Waals surface area contributed by atoms with E-state index >= 15 is 0 Å². The zero-order chi connectivity index (χ0) is 87.3. The number of rotatable bonds is 22. The van der Waals surface area contributed by atoms with E-state index in [1.54, 1.807) is 96.4 Å². The minimum atomic E-state index is 0.0793. The Balaban J connectivity index is 0.000000113. The molecule has 0 saturated heterocycles. The third-order valence-electron chi connectivity index (χ3n) is 20.6. The van der Waals surface area contributed by atoms with Crippen molar-refractivity contribution in [1.29, 1.82) is 0 Å². The van der Waals surface area contributed by atoms with Crippen LogP contribution in [0.4, 0.5) is 0 Å². The quantitative estimate of drug-likeness (QED) is 0.0620. The van der Waals surface area contributed by atoms with Crippen LogP contribution in [0, 0.1) is 0 Å². The number of ether oxygens (including phenoxy) is 1. The highest BCUT2D eigenvalue weighted by atomic mass is 35.5. The average Bonchev–Trinajstić information content (AvgIpc) is 1.61. The first-order valence-electron chi connectivity index (χ1n) is 41.4. The fourth-order valence-corrected chi connectivity index (χ4v) is 14.6. The Morgan fingerprint density at radius 3 is 1.04 bits per heavy atom. The predicted octanol–water partition coefficient (Wildman–Crippen LogP) is 22.0. The molecule has 0 spiro atoms. The molecule has 0 aliphatic heterocycles. The van der Waals surface area contributed by atoms with Gasteiger partial charge in [-0.3, -0.25) is 4.79 Å². The molecule has 128 heavy (non-hydrogen) atoms. The van der Waals surface area contributed by atoms with Crippen LogP contribution in [0.1, 0.15) is 56.2 Å². The molecule has 0 aliphatic carbocycles. The molecule has 22 nitrogen and oxygen atoms in total. The largest absolute Gasteiger partial charge is 0.508 e. The number of carbonyl (C=O) groups excluding carboxylic acids is 1. The van der Waals surface area contributed by atoms with Crippen LogP contribution in [-0.4, -0.2) is 99.5 Å². The van der Waals surface area contributed by atoms with Gasteiger partial charge in [0.25, 0.3) is 0 Å². The zero-order valence-electron chi connectivity index (χ0n) is 69.9. The number of furan rings is 1. The van der Waals surface area contributed by atoms with Crippen molar-refractivity contribution < 1.29 is 19.1 Å². The molecule has 0 fully saturated rings. The molecule has 0 saturated carbocycles. The summed E-state index contributed by atoms with van der Waals surface area (Å²) < 4.78 is 22.8. The monoisotopic (exact) mass is 1700 g/mol. The number of aromatic hydroxyl groups is 1. The summed E-state index contributed by atoms with van der Waals surface area (Å²) in [5.41, 5.74) is 24.4. The van der Waals surface area contributed by atoms with Crippen molar-refractivity contribution in [3.05, 3.63) is 471 Å². The summed E-state index contributed by atoms with van der Waals surface area (Å²) >= 11 is 6.03. The van der Waals surface area contributed by atoms with E-state index in [1.807, 2.05) is 160 Å². The van der Waals surface area contributed by atoms with E-state index in [2.05, 4.69) is 249 Å². The number of fused-ring (bicyclic) bond motifs is 3. The Labute approximate surface area is 744 Å². The Bertz CT molecular complexity index is 6900. The van der Waals surface area contributed by atoms with Crippen molar-refractivity contribution in [1.82, 2.24) is 88.6 Å². The van der Waals surface area contributed by atoms with Crippen molar-refractivity contribution in [2.75, 3.05) is 0 Å². The lowest BCUT2D eigenvalue weighted by atomic mass is 10.00. The number of phenols is 1. The number of phenolic OH excluding ortho intramolecular Hbond substituents is 1. The second-order valence-electron chi connectivity index (χ2n) is 29.9. The van der Waals surface area contributed by atoms with Crippen molar-refractivity contribution in [3.8, 4) is 78.3 Å². The SMILES string of the molecule is CC(=O)c1cccc(-c2cccc(Cn3cncn3)c2)c1.Clc1cccc(-c2cccc(Cn3cncn3)c2)c1.Oc1cccc(-c2cccc(Cn3cncn3)c2)c1.c1cc(Cn2cncn2)cc(-c2cccc3c2oc2ccccc23)c1.c1ccc(-c2cccc(Cn3cncn3)c2)cc1.c1ccc(COc2ccc(-c3cccc(Cn4cncn4)c3)cc2)cc1. The van der Waals surface area contributed by atoms with Gasteiger partial charge in [0.1, 0.15) is 105 Å². The number of para-hydroxylation sites is 2. The number of nitrogens with zero attached hydrogens (tertiary/aromatic N) is 18. The van der Waals surface area contributed by atoms with Gasteiger partial charge in [0, 0.05) is 26.9 Å². The van der Waals surface area contributed by atoms with E-state index < -0.39 is 0 Å². The molecule has 628 valence electrons. The Hall–Kier alpha value is -16.7. The number of benzene rings is 14. The molecule has 0 unspecified atom stereocenters. The standard InChI is InChI=1S/C22H19N3O.C21H15N3O.C17H15N3O.C15H12ClN3.C15H13N3O.C15H13N3/c1-2-5-18(6-3-1)15-26-22-11-9-20(10-12-22)21-8-4-7-19(13-21)14-25-17-23-16-24-25;1-2-10-20-18(7-1)19-9-4-8-17(21(19)25-20)16-6-3-5-15(11-16)12-24-14-22-13-23-24;1-13(21)15-5-3-7-17(9-15)16-6-2-4-14(8-16)10-20-12-18-11-19-20;16-15-6-2-5-14(8-15)13-4-1-3-12(7-13)9-19-11-17-10-18-19;19-15-6-2-5-14(8-15)13-4-1-3-12(7-13)9-18-11-16-10-17-18;1-2-6-14(7-3-1)15-8-4-5-13(9-15)10-18-12-16-11-17-18/h1-13,16-17H,14-15H2;1-11,13-14H,12H2;2-9,11-12H,10H2,1H3;1-8,10-11H,9H2;1-8,10-11,19H,9H2;1-9,11-12H,10H2. The first-order chi connectivity index (χ1) is 63.0. The summed E-state index contributed by atoms with van der Waals surface area (Å²) in [5, 5.41) is 37.4. The van der Waals surface area contributed by atoms with Crippen molar-refractivity contribution in [3.63, 3.8) is 0 Å². The number of hydrogen-bond donors (Lipinski definition) is 1. The zero-order valence-corrected chi connectivity index (χ0v) is 70.6. The maximum atomic E-state index is 11.5. The average molecular weight is 1700 g/mol. The lowest BCUT2D eigenvalue weighted by molar-refractivity contribution is 0.101. The molecule has 7 aromatic heterocycles. The first kappa shape index (κ1) is 84.9. The van der Waals surface area contributed by atoms with Crippen molar-refractivity contribution in [2.24, 2.45) is 0 Å². The second-order valence-corrected chi connectivity index (χ2v) is 30.3. The summed E-state index contributed by atoms with van der Waals surface area (Å²) in [6, 6.07) is 116. The van der Waals surface area contributed by atoms with Gasteiger partial charge in [-0.1, -0.05) is 272 Å². The molecule has 21 rings (SSSR count). The van der Waals surface area contributed by atoms with Crippen LogP contribution in [0.3, 0.4) is 0 Å². The van der Waals surface area contributed by atoms with E-state index in [-0.39, 0.29) is 11.5 Å². The first-order valence-corrected chi connectivity index (χ1v) is 41.8. The van der Waals surface area contributed by atoms with Gasteiger partial charge in [-0.25, -0.2) is 58.0 Å². The van der Waals surface area contributed by atoms with Gasteiger partial charge in [0.05, 0.1) is 39.3 Å². The number of aromatic nitrogens is 18. The van der Waals surface area contributed by atoms with E-state index in [0.717, 1.165) is 112 Å². The highest BCUT2D eigenvalue weighted by molar-refractivity contribution is 6.30. The van der Waals surface area contributed by atoms with E-state index in [1.165, 1.54) is 51.6 Å². The summed E-state index contributed by atoms with van der Waals surface area (Å²) in [7, 11) is 0. The molecule has 0 atom stereocenters. The molecule has 14 aromatic carbocycles. The summed E-state index contributed by atoms with van der Waals surface area (Å²) in [5.74, 6) is 1.23. The van der Waals surface area contributed by atoms with Gasteiger partial charge in [-0.05, 0) is 192 Å². The number of carbonyl (C=O) groups is 1. The number of halogens is 1. The van der Waals surface area contributed by atoms with Gasteiger partial charge >= 0.3 is 0 Å². The highest BCUT2D eigenvalue weighted by Crippen LogP contribution is 2.37. The summed E-state index contributed by atoms with van der Waals surface area (Å²) in [6.07, 6.45) is 19.6. The number of ketones is 1. The normalized spacial score (nSPS) is 10.7. The van der Waals surface area contributed by atoms with Crippen LogP contribution in [0.15, 0.2) is 426 Å². The van der Waals surface area contributed by atoms with Crippen LogP contribution in [0.2, 0.25) is 5.02 Å². The number of Topliss-reactive ketones (excluding diaryl/α,β-unsaturated/α-hetero) is 1. The van der Waals surface area contributed by atoms with E-state index in [0.29, 0.717) is 39.3 Å². The fourth-order valence-electron chi connectivity index (χ4n) is 14.5. The molecule has 0 radical (unpaired) electrons. The summed E-state index contributed by atoms with van der Waals surface area (Å²) in [4.78, 5) is 35.2. The molecule has 7 heterocycles. The maximum Gasteiger partial charge on any atom is 0.159 e. The lowest BCUT2D eigenvalue weighted by Crippen LogP contribution is -2.00. The molecule has 1 N–H and O–H groups in total. The molecule has 21 aromatic rings. The van der Waals surface area contributed by atoms with E-state index in [4.69, 9.17) is 20.8 Å². The molecule has 0 aliphatic rings. The van der Waals surface area contributed by atoms with Crippen LogP contribution in [0.5, 0.6) is 11.5 Å². The minimum Gasteiger partial charge on any atom is -0.508 e. The highest BCUT2D eigenvalue weighted by Gasteiger charge is 2.14. The second kappa shape index (κ2) is 42.9. The molecule has 23 heteroatoms. The van der Waals surface area contributed by atoms with Gasteiger partial charge in [0.2, 0.25) is 0 Å². The van der Waals surface area contributed by atoms with Crippen LogP contribution >= 0.6 is 11.6 Å². The molecule has 0 bridgehead atoms. The van der Waals surface area contributed by atoms with Crippen LogP contribution in [-0.2, 0) is 45.9 Å². The Kier molecular flexibility index (Phi) is 28.4. The van der Waals surface area contributed by atoms with Crippen molar-refractivity contribution >= 4 is 39.3 Å². The Morgan fingerprint density at radius 1 is 0.305 bits per heavy atom. The predicted molar refractivity (Wildman–Crippen MR) is 501 cm³/mol. The molecular weight excluding hydrogens is 1610 g/mol. The minimum absolute atomic E-state index is 0.0793. The summed E-state index contributed by atoms with van der Waals surface area (Å²) in [6.45, 7) is 6.41. The number of hydrogen-bond acceptors (Lipinski definition) is 16. The van der Waals surface area contributed by atoms with Crippen LogP contribution < -0.4 is 4.74 Å². The smallest absolute Gasteiger partial charge is 0.159 e. The molecular formula is C105H87ClN18O4. The molecule has 0 amide bonds. The maximum absolute atomic E-state index is 11.5. The van der Waals surface area contributed by atoms with Gasteiger partial charge in [-0.15, -0.1) is 0 Å². The van der Waals surface area contributed by atoms with Gasteiger partial charge < -0.3 is 14.3 Å². The van der Waals surface area contributed by atoms with Gasteiger partial charge in [-0.2, -0.15) is 30.6 Å². The van der Waals surface area contributed by atoms with E-state index in [9.17, 15) is 9.90 Å². The Morgan fingerprint density at radius 2 is 0.625 bits per heavy atom.